The number of benzene rings is 1. The second-order valence-corrected chi connectivity index (χ2v) is 4.43. The number of hydrogen-bond donors (Lipinski definition) is 1. The minimum Gasteiger partial charge on any atom is -0.489 e. The molecule has 0 saturated carbocycles. The molecule has 2 rings (SSSR count). The number of nitrogens with one attached hydrogen (secondary N) is 1. The molecule has 0 amide bonds. The molecule has 0 atom stereocenters. The van der Waals surface area contributed by atoms with Crippen molar-refractivity contribution in [3.05, 3.63) is 53.0 Å². The summed E-state index contributed by atoms with van der Waals surface area (Å²) < 4.78 is 11.4. The predicted octanol–water partition coefficient (Wildman–Crippen LogP) is 3.19. The lowest BCUT2D eigenvalue weighted by Gasteiger charge is -2.05. The molecule has 0 aliphatic rings. The molecule has 2 aromatic rings. The molecule has 0 bridgehead atoms. The first-order valence-corrected chi connectivity index (χ1v) is 6.11. The third-order valence-electron chi connectivity index (χ3n) is 2.81. The van der Waals surface area contributed by atoms with Gasteiger partial charge in [-0.05, 0) is 44.7 Å². The average Bonchev–Trinajstić information content (AvgIpc) is 2.68. The molecule has 0 aliphatic carbocycles. The lowest BCUT2D eigenvalue weighted by atomic mass is 10.2. The standard InChI is InChI=1S/C15H19NO2/c1-11-5-4-6-14(7-11)17-10-13-8-15(9-16-3)18-12(13)2/h4-8,16H,9-10H2,1-3H3. The van der Waals surface area contributed by atoms with Crippen molar-refractivity contribution in [3.63, 3.8) is 0 Å². The van der Waals surface area contributed by atoms with E-state index >= 15 is 0 Å². The maximum absolute atomic E-state index is 5.76. The Hall–Kier alpha value is -1.74. The highest BCUT2D eigenvalue weighted by Gasteiger charge is 2.07. The Labute approximate surface area is 108 Å². The van der Waals surface area contributed by atoms with Crippen molar-refractivity contribution in [3.8, 4) is 5.75 Å². The van der Waals surface area contributed by atoms with Crippen LogP contribution in [0.3, 0.4) is 0 Å². The Morgan fingerprint density at radius 2 is 2.06 bits per heavy atom. The van der Waals surface area contributed by atoms with Gasteiger partial charge in [0.2, 0.25) is 0 Å². The largest absolute Gasteiger partial charge is 0.489 e. The predicted molar refractivity (Wildman–Crippen MR) is 71.7 cm³/mol. The molecule has 1 N–H and O–H groups in total. The van der Waals surface area contributed by atoms with E-state index < -0.39 is 0 Å². The van der Waals surface area contributed by atoms with E-state index in [4.69, 9.17) is 9.15 Å². The fourth-order valence-corrected chi connectivity index (χ4v) is 1.86. The monoisotopic (exact) mass is 245 g/mol. The molecule has 0 spiro atoms. The molecule has 96 valence electrons. The van der Waals surface area contributed by atoms with Gasteiger partial charge >= 0.3 is 0 Å². The number of ether oxygens (including phenoxy) is 1. The van der Waals surface area contributed by atoms with Gasteiger partial charge in [0, 0.05) is 5.56 Å². The smallest absolute Gasteiger partial charge is 0.120 e. The van der Waals surface area contributed by atoms with E-state index in [1.807, 2.05) is 38.2 Å². The summed E-state index contributed by atoms with van der Waals surface area (Å²) >= 11 is 0. The van der Waals surface area contributed by atoms with Crippen molar-refractivity contribution in [2.45, 2.75) is 27.0 Å². The van der Waals surface area contributed by atoms with Gasteiger partial charge in [-0.2, -0.15) is 0 Å². The summed E-state index contributed by atoms with van der Waals surface area (Å²) in [5, 5.41) is 3.07. The molecule has 0 radical (unpaired) electrons. The molecule has 0 fully saturated rings. The first kappa shape index (κ1) is 12.7. The SMILES string of the molecule is CNCc1cc(COc2cccc(C)c2)c(C)o1. The highest BCUT2D eigenvalue weighted by Crippen LogP contribution is 2.18. The first-order valence-electron chi connectivity index (χ1n) is 6.11. The highest BCUT2D eigenvalue weighted by atomic mass is 16.5. The fraction of sp³-hybridized carbons (Fsp3) is 0.333. The third-order valence-corrected chi connectivity index (χ3v) is 2.81. The van der Waals surface area contributed by atoms with Crippen molar-refractivity contribution in [2.24, 2.45) is 0 Å². The van der Waals surface area contributed by atoms with Crippen LogP contribution in [0.25, 0.3) is 0 Å². The lowest BCUT2D eigenvalue weighted by Crippen LogP contribution is -2.03. The zero-order valence-corrected chi connectivity index (χ0v) is 11.1. The van der Waals surface area contributed by atoms with E-state index in [1.165, 1.54) is 5.56 Å². The average molecular weight is 245 g/mol. The van der Waals surface area contributed by atoms with Crippen molar-refractivity contribution in [1.82, 2.24) is 5.32 Å². The minimum absolute atomic E-state index is 0.544. The molecule has 3 heteroatoms. The van der Waals surface area contributed by atoms with Gasteiger partial charge in [-0.25, -0.2) is 0 Å². The summed E-state index contributed by atoms with van der Waals surface area (Å²) in [6.45, 7) is 5.31. The molecule has 0 saturated heterocycles. The number of aryl methyl sites for hydroxylation is 2. The van der Waals surface area contributed by atoms with Crippen molar-refractivity contribution < 1.29 is 9.15 Å². The molecular formula is C15H19NO2. The second kappa shape index (κ2) is 5.74. The summed E-state index contributed by atoms with van der Waals surface area (Å²) in [6, 6.07) is 10.1. The van der Waals surface area contributed by atoms with Gasteiger partial charge < -0.3 is 14.5 Å². The second-order valence-electron chi connectivity index (χ2n) is 4.43. The summed E-state index contributed by atoms with van der Waals surface area (Å²) in [5.74, 6) is 2.76. The Kier molecular flexibility index (Phi) is 4.05. The number of rotatable bonds is 5. The van der Waals surface area contributed by atoms with Crippen LogP contribution in [0.15, 0.2) is 34.7 Å². The summed E-state index contributed by atoms with van der Waals surface area (Å²) in [4.78, 5) is 0. The van der Waals surface area contributed by atoms with Gasteiger partial charge in [-0.3, -0.25) is 0 Å². The molecule has 1 heterocycles. The van der Waals surface area contributed by atoms with Gasteiger partial charge in [-0.1, -0.05) is 12.1 Å². The van der Waals surface area contributed by atoms with Crippen LogP contribution in [0.2, 0.25) is 0 Å². The van der Waals surface area contributed by atoms with E-state index in [0.29, 0.717) is 6.61 Å². The molecule has 3 nitrogen and oxygen atoms in total. The first-order chi connectivity index (χ1) is 8.69. The van der Waals surface area contributed by atoms with Gasteiger partial charge in [-0.15, -0.1) is 0 Å². The Morgan fingerprint density at radius 3 is 2.78 bits per heavy atom. The molecule has 1 aromatic carbocycles. The van der Waals surface area contributed by atoms with E-state index in [-0.39, 0.29) is 0 Å². The summed E-state index contributed by atoms with van der Waals surface area (Å²) in [5.41, 5.74) is 2.30. The van der Waals surface area contributed by atoms with Crippen LogP contribution in [0, 0.1) is 13.8 Å². The zero-order chi connectivity index (χ0) is 13.0. The van der Waals surface area contributed by atoms with Crippen molar-refractivity contribution in [1.29, 1.82) is 0 Å². The van der Waals surface area contributed by atoms with Crippen LogP contribution in [0.4, 0.5) is 0 Å². The zero-order valence-electron chi connectivity index (χ0n) is 11.1. The molecule has 0 unspecified atom stereocenters. The van der Waals surface area contributed by atoms with Crippen LogP contribution in [-0.2, 0) is 13.2 Å². The van der Waals surface area contributed by atoms with Crippen LogP contribution >= 0.6 is 0 Å². The van der Waals surface area contributed by atoms with Crippen molar-refractivity contribution in [2.75, 3.05) is 7.05 Å². The van der Waals surface area contributed by atoms with Crippen LogP contribution in [-0.4, -0.2) is 7.05 Å². The summed E-state index contributed by atoms with van der Waals surface area (Å²) in [6.07, 6.45) is 0. The Morgan fingerprint density at radius 1 is 1.22 bits per heavy atom. The van der Waals surface area contributed by atoms with Gasteiger partial charge in [0.05, 0.1) is 6.54 Å². The summed E-state index contributed by atoms with van der Waals surface area (Å²) in [7, 11) is 1.90. The topological polar surface area (TPSA) is 34.4 Å². The Bertz CT molecular complexity index is 517. The van der Waals surface area contributed by atoms with E-state index in [2.05, 4.69) is 18.3 Å². The third kappa shape index (κ3) is 3.14. The van der Waals surface area contributed by atoms with Crippen LogP contribution < -0.4 is 10.1 Å². The molecule has 18 heavy (non-hydrogen) atoms. The molecule has 1 aromatic heterocycles. The lowest BCUT2D eigenvalue weighted by molar-refractivity contribution is 0.303. The van der Waals surface area contributed by atoms with E-state index in [1.54, 1.807) is 0 Å². The maximum atomic E-state index is 5.76. The normalized spacial score (nSPS) is 10.6. The van der Waals surface area contributed by atoms with E-state index in [9.17, 15) is 0 Å². The van der Waals surface area contributed by atoms with Crippen molar-refractivity contribution >= 4 is 0 Å². The molecule has 0 aliphatic heterocycles. The van der Waals surface area contributed by atoms with Crippen LogP contribution in [0.5, 0.6) is 5.75 Å². The fourth-order valence-electron chi connectivity index (χ4n) is 1.86. The quantitative estimate of drug-likeness (QED) is 0.878. The Balaban J connectivity index is 2.01. The van der Waals surface area contributed by atoms with Gasteiger partial charge in [0.25, 0.3) is 0 Å². The van der Waals surface area contributed by atoms with Gasteiger partial charge in [0.15, 0.2) is 0 Å². The number of hydrogen-bond acceptors (Lipinski definition) is 3. The van der Waals surface area contributed by atoms with Crippen LogP contribution in [0.1, 0.15) is 22.6 Å². The maximum Gasteiger partial charge on any atom is 0.120 e. The molecular weight excluding hydrogens is 226 g/mol. The van der Waals surface area contributed by atoms with E-state index in [0.717, 1.165) is 29.4 Å². The highest BCUT2D eigenvalue weighted by molar-refractivity contribution is 5.28. The number of furan rings is 1. The van der Waals surface area contributed by atoms with Gasteiger partial charge in [0.1, 0.15) is 23.9 Å². The minimum atomic E-state index is 0.544.